The molecule has 0 aliphatic carbocycles. The zero-order valence-corrected chi connectivity index (χ0v) is 16.6. The summed E-state index contributed by atoms with van der Waals surface area (Å²) < 4.78 is 7.34. The molecule has 5 nitrogen and oxygen atoms in total. The highest BCUT2D eigenvalue weighted by molar-refractivity contribution is 5.77. The molecular weight excluding hydrogens is 348 g/mol. The number of nitrogens with zero attached hydrogens (tertiary/aromatic N) is 3. The second kappa shape index (κ2) is 7.00. The van der Waals surface area contributed by atoms with E-state index in [0.29, 0.717) is 0 Å². The summed E-state index contributed by atoms with van der Waals surface area (Å²) in [6.45, 7) is 6.44. The Morgan fingerprint density at radius 2 is 1.64 bits per heavy atom. The molecule has 4 aromatic rings. The number of hydrogen-bond acceptors (Lipinski definition) is 4. The molecule has 0 aliphatic rings. The minimum absolute atomic E-state index is 0.108. The first-order valence-electron chi connectivity index (χ1n) is 9.31. The SMILES string of the molecule is COc1ccc(-c2cn3c(NC(C)(C)C)c(-c4ccccc4)nc3cn2)cc1. The number of imidazole rings is 1. The van der Waals surface area contributed by atoms with E-state index in [9.17, 15) is 0 Å². The molecule has 28 heavy (non-hydrogen) atoms. The van der Waals surface area contributed by atoms with Crippen molar-refractivity contribution in [3.63, 3.8) is 0 Å². The minimum atomic E-state index is -0.108. The third-order valence-electron chi connectivity index (χ3n) is 4.44. The van der Waals surface area contributed by atoms with Crippen LogP contribution >= 0.6 is 0 Å². The number of benzene rings is 2. The maximum absolute atomic E-state index is 5.26. The summed E-state index contributed by atoms with van der Waals surface area (Å²) in [6, 6.07) is 18.1. The summed E-state index contributed by atoms with van der Waals surface area (Å²) in [5.74, 6) is 1.79. The summed E-state index contributed by atoms with van der Waals surface area (Å²) in [6.07, 6.45) is 3.85. The maximum atomic E-state index is 5.26. The highest BCUT2D eigenvalue weighted by Gasteiger charge is 2.20. The monoisotopic (exact) mass is 372 g/mol. The molecule has 2 aromatic carbocycles. The molecule has 0 amide bonds. The largest absolute Gasteiger partial charge is 0.497 e. The molecule has 0 saturated carbocycles. The summed E-state index contributed by atoms with van der Waals surface area (Å²) >= 11 is 0. The van der Waals surface area contributed by atoms with Crippen molar-refractivity contribution in [1.29, 1.82) is 0 Å². The fourth-order valence-electron chi connectivity index (χ4n) is 3.14. The van der Waals surface area contributed by atoms with Crippen LogP contribution in [-0.2, 0) is 0 Å². The zero-order valence-electron chi connectivity index (χ0n) is 16.6. The quantitative estimate of drug-likeness (QED) is 0.529. The van der Waals surface area contributed by atoms with Gasteiger partial charge in [-0.25, -0.2) is 4.98 Å². The predicted molar refractivity (Wildman–Crippen MR) is 114 cm³/mol. The van der Waals surface area contributed by atoms with Crippen LogP contribution in [0.25, 0.3) is 28.2 Å². The van der Waals surface area contributed by atoms with Gasteiger partial charge in [-0.05, 0) is 45.0 Å². The molecule has 0 saturated heterocycles. The Bertz CT molecular complexity index is 1090. The fourth-order valence-corrected chi connectivity index (χ4v) is 3.14. The van der Waals surface area contributed by atoms with Gasteiger partial charge < -0.3 is 10.1 Å². The van der Waals surface area contributed by atoms with Gasteiger partial charge in [0.05, 0.1) is 19.0 Å². The van der Waals surface area contributed by atoms with Crippen LogP contribution in [0.2, 0.25) is 0 Å². The number of ether oxygens (including phenoxy) is 1. The predicted octanol–water partition coefficient (Wildman–Crippen LogP) is 5.28. The molecule has 0 fully saturated rings. The first-order chi connectivity index (χ1) is 13.4. The van der Waals surface area contributed by atoms with Crippen LogP contribution in [0.4, 0.5) is 5.82 Å². The Hall–Kier alpha value is -3.34. The van der Waals surface area contributed by atoms with E-state index in [2.05, 4.69) is 47.6 Å². The topological polar surface area (TPSA) is 51.5 Å². The van der Waals surface area contributed by atoms with Gasteiger partial charge in [-0.1, -0.05) is 30.3 Å². The minimum Gasteiger partial charge on any atom is -0.497 e. The molecule has 142 valence electrons. The molecule has 1 N–H and O–H groups in total. The average molecular weight is 372 g/mol. The van der Waals surface area contributed by atoms with Gasteiger partial charge in [0.1, 0.15) is 17.3 Å². The Morgan fingerprint density at radius 3 is 2.29 bits per heavy atom. The van der Waals surface area contributed by atoms with E-state index in [-0.39, 0.29) is 5.54 Å². The van der Waals surface area contributed by atoms with Gasteiger partial charge in [0, 0.05) is 22.9 Å². The van der Waals surface area contributed by atoms with Gasteiger partial charge in [0.2, 0.25) is 0 Å². The number of rotatable bonds is 4. The van der Waals surface area contributed by atoms with Crippen LogP contribution in [0.3, 0.4) is 0 Å². The second-order valence-electron chi connectivity index (χ2n) is 7.78. The number of nitrogens with one attached hydrogen (secondary N) is 1. The van der Waals surface area contributed by atoms with Crippen LogP contribution in [0.5, 0.6) is 5.75 Å². The lowest BCUT2D eigenvalue weighted by atomic mass is 10.1. The van der Waals surface area contributed by atoms with Crippen molar-refractivity contribution in [1.82, 2.24) is 14.4 Å². The molecule has 2 aromatic heterocycles. The Balaban J connectivity index is 1.88. The smallest absolute Gasteiger partial charge is 0.157 e. The van der Waals surface area contributed by atoms with Gasteiger partial charge >= 0.3 is 0 Å². The molecule has 0 unspecified atom stereocenters. The Morgan fingerprint density at radius 1 is 0.929 bits per heavy atom. The Labute approximate surface area is 165 Å². The number of hydrogen-bond donors (Lipinski definition) is 1. The molecule has 0 aliphatic heterocycles. The zero-order chi connectivity index (χ0) is 19.7. The van der Waals surface area contributed by atoms with Crippen molar-refractivity contribution < 1.29 is 4.74 Å². The molecular formula is C23H24N4O. The summed E-state index contributed by atoms with van der Waals surface area (Å²) in [5, 5.41) is 3.62. The van der Waals surface area contributed by atoms with E-state index in [1.807, 2.05) is 54.9 Å². The highest BCUT2D eigenvalue weighted by Crippen LogP contribution is 2.32. The lowest BCUT2D eigenvalue weighted by Crippen LogP contribution is -2.27. The van der Waals surface area contributed by atoms with Crippen molar-refractivity contribution >= 4 is 11.5 Å². The molecule has 0 radical (unpaired) electrons. The Kier molecular flexibility index (Phi) is 4.51. The molecule has 0 bridgehead atoms. The lowest BCUT2D eigenvalue weighted by Gasteiger charge is -2.22. The fraction of sp³-hybridized carbons (Fsp3) is 0.217. The maximum Gasteiger partial charge on any atom is 0.157 e. The van der Waals surface area contributed by atoms with Gasteiger partial charge in [0.25, 0.3) is 0 Å². The van der Waals surface area contributed by atoms with Gasteiger partial charge in [-0.3, -0.25) is 9.38 Å². The first kappa shape index (κ1) is 18.0. The second-order valence-corrected chi connectivity index (χ2v) is 7.78. The van der Waals surface area contributed by atoms with Crippen molar-refractivity contribution in [2.45, 2.75) is 26.3 Å². The number of fused-ring (bicyclic) bond motifs is 1. The number of methoxy groups -OCH3 is 1. The van der Waals surface area contributed by atoms with E-state index < -0.39 is 0 Å². The van der Waals surface area contributed by atoms with Crippen molar-refractivity contribution in [3.05, 3.63) is 67.0 Å². The number of aromatic nitrogens is 3. The van der Waals surface area contributed by atoms with Crippen LogP contribution < -0.4 is 10.1 Å². The van der Waals surface area contributed by atoms with Gasteiger partial charge in [0.15, 0.2) is 5.65 Å². The van der Waals surface area contributed by atoms with Crippen molar-refractivity contribution in [2.75, 3.05) is 12.4 Å². The lowest BCUT2D eigenvalue weighted by molar-refractivity contribution is 0.415. The standard InChI is InChI=1S/C23H24N4O/c1-23(2,3)26-22-21(17-8-6-5-7-9-17)25-20-14-24-19(15-27(20)22)16-10-12-18(28-4)13-11-16/h5-15,26H,1-4H3. The van der Waals surface area contributed by atoms with E-state index in [1.165, 1.54) is 0 Å². The van der Waals surface area contributed by atoms with E-state index in [4.69, 9.17) is 9.72 Å². The van der Waals surface area contributed by atoms with Crippen molar-refractivity contribution in [3.8, 4) is 28.3 Å². The normalized spacial score (nSPS) is 11.6. The van der Waals surface area contributed by atoms with Crippen molar-refractivity contribution in [2.24, 2.45) is 0 Å². The highest BCUT2D eigenvalue weighted by atomic mass is 16.5. The van der Waals surface area contributed by atoms with Crippen LogP contribution in [0, 0.1) is 0 Å². The van der Waals surface area contributed by atoms with E-state index in [1.54, 1.807) is 7.11 Å². The third-order valence-corrected chi connectivity index (χ3v) is 4.44. The first-order valence-corrected chi connectivity index (χ1v) is 9.31. The average Bonchev–Trinajstić information content (AvgIpc) is 3.05. The molecule has 5 heteroatoms. The van der Waals surface area contributed by atoms with E-state index in [0.717, 1.165) is 39.7 Å². The van der Waals surface area contributed by atoms with Gasteiger partial charge in [-0.15, -0.1) is 0 Å². The van der Waals surface area contributed by atoms with Crippen LogP contribution in [0.1, 0.15) is 20.8 Å². The molecule has 0 spiro atoms. The summed E-state index contributed by atoms with van der Waals surface area (Å²) in [4.78, 5) is 9.47. The summed E-state index contributed by atoms with van der Waals surface area (Å²) in [5.41, 5.74) is 4.60. The molecule has 2 heterocycles. The molecule has 0 atom stereocenters. The third kappa shape index (κ3) is 3.56. The number of anilines is 1. The van der Waals surface area contributed by atoms with E-state index >= 15 is 0 Å². The molecule has 4 rings (SSSR count). The summed E-state index contributed by atoms with van der Waals surface area (Å²) in [7, 11) is 1.67. The van der Waals surface area contributed by atoms with Crippen LogP contribution in [0.15, 0.2) is 67.0 Å². The van der Waals surface area contributed by atoms with Gasteiger partial charge in [-0.2, -0.15) is 0 Å². The van der Waals surface area contributed by atoms with Crippen LogP contribution in [-0.4, -0.2) is 27.0 Å².